The Balaban J connectivity index is 1.63. The van der Waals surface area contributed by atoms with Crippen LogP contribution in [0.2, 0.25) is 0 Å². The average Bonchev–Trinajstić information content (AvgIpc) is 3.08. The van der Waals surface area contributed by atoms with Crippen LogP contribution in [0.5, 0.6) is 0 Å². The molecule has 0 radical (unpaired) electrons. The van der Waals surface area contributed by atoms with E-state index >= 15 is 0 Å². The number of likely N-dealkylation sites (tertiary alicyclic amines) is 1. The molecule has 0 saturated carbocycles. The van der Waals surface area contributed by atoms with Crippen molar-refractivity contribution in [1.29, 1.82) is 0 Å². The molecule has 2 aromatic rings. The van der Waals surface area contributed by atoms with E-state index in [0.717, 1.165) is 12.0 Å². The second-order valence-corrected chi connectivity index (χ2v) is 6.90. The zero-order valence-corrected chi connectivity index (χ0v) is 14.8. The number of β-amino-alcohol motifs (C(OH)–C–C–N with tert-alkyl or cyclic N) is 1. The van der Waals surface area contributed by atoms with Crippen LogP contribution in [0.3, 0.4) is 0 Å². The number of urea groups is 1. The summed E-state index contributed by atoms with van der Waals surface area (Å²) in [5.41, 5.74) is 1.49. The van der Waals surface area contributed by atoms with Crippen molar-refractivity contribution in [2.24, 2.45) is 5.92 Å². The Morgan fingerprint density at radius 2 is 2.08 bits per heavy atom. The molecule has 0 aliphatic carbocycles. The summed E-state index contributed by atoms with van der Waals surface area (Å²) in [6.45, 7) is 7.03. The first-order chi connectivity index (χ1) is 11.9. The highest BCUT2D eigenvalue weighted by molar-refractivity contribution is 5.89. The minimum Gasteiger partial charge on any atom is -0.391 e. The highest BCUT2D eigenvalue weighted by Gasteiger charge is 2.27. The van der Waals surface area contributed by atoms with Crippen LogP contribution in [-0.2, 0) is 0 Å². The third-order valence-corrected chi connectivity index (χ3v) is 4.55. The van der Waals surface area contributed by atoms with Crippen molar-refractivity contribution in [2.45, 2.75) is 39.2 Å². The second kappa shape index (κ2) is 7.23. The van der Waals surface area contributed by atoms with Gasteiger partial charge in [0.15, 0.2) is 5.82 Å². The number of nitrogens with zero attached hydrogens (tertiary/aromatic N) is 3. The second-order valence-electron chi connectivity index (χ2n) is 6.90. The molecule has 2 atom stereocenters. The number of rotatable bonds is 3. The first-order valence-electron chi connectivity index (χ1n) is 8.62. The Bertz CT molecular complexity index is 726. The number of carbonyl (C=O) groups excluding carboxylic acids is 1. The van der Waals surface area contributed by atoms with Crippen LogP contribution >= 0.6 is 0 Å². The molecule has 2 heterocycles. The summed E-state index contributed by atoms with van der Waals surface area (Å²) in [4.78, 5) is 18.3. The van der Waals surface area contributed by atoms with Crippen LogP contribution in [0.15, 0.2) is 28.8 Å². The molecule has 25 heavy (non-hydrogen) atoms. The molecule has 1 aromatic carbocycles. The lowest BCUT2D eigenvalue weighted by Gasteiger charge is -2.34. The molecule has 0 spiro atoms. The predicted octanol–water partition coefficient (Wildman–Crippen LogP) is 3.09. The topological polar surface area (TPSA) is 91.5 Å². The van der Waals surface area contributed by atoms with E-state index in [1.807, 2.05) is 32.9 Å². The first kappa shape index (κ1) is 17.4. The third-order valence-electron chi connectivity index (χ3n) is 4.55. The van der Waals surface area contributed by atoms with Crippen molar-refractivity contribution >= 4 is 11.7 Å². The number of nitrogens with one attached hydrogen (secondary N) is 1. The Kier molecular flexibility index (Phi) is 5.03. The fourth-order valence-electron chi connectivity index (χ4n) is 2.72. The van der Waals surface area contributed by atoms with Gasteiger partial charge in [-0.25, -0.2) is 4.79 Å². The third kappa shape index (κ3) is 3.99. The quantitative estimate of drug-likeness (QED) is 0.893. The Hall–Kier alpha value is -2.41. The summed E-state index contributed by atoms with van der Waals surface area (Å²) in [6.07, 6.45) is 0.345. The molecule has 2 N–H and O–H groups in total. The van der Waals surface area contributed by atoms with Gasteiger partial charge in [-0.1, -0.05) is 25.9 Å². The fourth-order valence-corrected chi connectivity index (χ4v) is 2.72. The zero-order chi connectivity index (χ0) is 18.0. The number of carbonyl (C=O) groups is 1. The van der Waals surface area contributed by atoms with Gasteiger partial charge in [0.2, 0.25) is 0 Å². The van der Waals surface area contributed by atoms with Gasteiger partial charge in [0.1, 0.15) is 0 Å². The highest BCUT2D eigenvalue weighted by atomic mass is 16.5. The lowest BCUT2D eigenvalue weighted by atomic mass is 9.96. The number of anilines is 1. The number of aliphatic hydroxyl groups excluding tert-OH is 1. The number of hydrogen-bond acceptors (Lipinski definition) is 5. The van der Waals surface area contributed by atoms with Crippen molar-refractivity contribution < 1.29 is 14.4 Å². The molecular formula is C18H24N4O3. The molecule has 1 fully saturated rings. The Morgan fingerprint density at radius 1 is 1.36 bits per heavy atom. The maximum atomic E-state index is 12.3. The van der Waals surface area contributed by atoms with Gasteiger partial charge in [-0.15, -0.1) is 0 Å². The van der Waals surface area contributed by atoms with E-state index in [1.54, 1.807) is 17.0 Å². The maximum Gasteiger partial charge on any atom is 0.321 e. The summed E-state index contributed by atoms with van der Waals surface area (Å²) >= 11 is 0. The number of hydrogen-bond donors (Lipinski definition) is 2. The van der Waals surface area contributed by atoms with Gasteiger partial charge < -0.3 is 19.8 Å². The smallest absolute Gasteiger partial charge is 0.321 e. The summed E-state index contributed by atoms with van der Waals surface area (Å²) in [5.74, 6) is 1.58. The van der Waals surface area contributed by atoms with Crippen LogP contribution in [-0.4, -0.2) is 45.4 Å². The van der Waals surface area contributed by atoms with Gasteiger partial charge in [-0.3, -0.25) is 0 Å². The fraction of sp³-hybridized carbons (Fsp3) is 0.500. The van der Waals surface area contributed by atoms with Gasteiger partial charge >= 0.3 is 6.03 Å². The van der Waals surface area contributed by atoms with Crippen LogP contribution in [0, 0.1) is 5.92 Å². The number of piperidine rings is 1. The molecule has 1 aliphatic heterocycles. The van der Waals surface area contributed by atoms with Gasteiger partial charge in [0.05, 0.1) is 6.10 Å². The number of amides is 2. The van der Waals surface area contributed by atoms with E-state index in [2.05, 4.69) is 15.5 Å². The highest BCUT2D eigenvalue weighted by Crippen LogP contribution is 2.22. The van der Waals surface area contributed by atoms with Crippen LogP contribution in [0.25, 0.3) is 11.5 Å². The predicted molar refractivity (Wildman–Crippen MR) is 94.2 cm³/mol. The molecular weight excluding hydrogens is 320 g/mol. The molecule has 2 amide bonds. The van der Waals surface area contributed by atoms with Gasteiger partial charge in [-0.2, -0.15) is 4.98 Å². The van der Waals surface area contributed by atoms with Crippen molar-refractivity contribution in [2.75, 3.05) is 18.4 Å². The van der Waals surface area contributed by atoms with Crippen LogP contribution in [0.4, 0.5) is 10.5 Å². The molecule has 1 aromatic heterocycles. The van der Waals surface area contributed by atoms with Crippen molar-refractivity contribution in [1.82, 2.24) is 15.0 Å². The molecule has 1 saturated heterocycles. The van der Waals surface area contributed by atoms with Gasteiger partial charge in [0.25, 0.3) is 5.89 Å². The molecule has 7 heteroatoms. The number of aliphatic hydroxyl groups is 1. The SMILES string of the molecule is CC(C)c1noc(-c2ccc(NC(=O)N3CCC(C)C(O)C3)cc2)n1. The zero-order valence-electron chi connectivity index (χ0n) is 14.8. The van der Waals surface area contributed by atoms with E-state index in [-0.39, 0.29) is 17.9 Å². The number of aromatic nitrogens is 2. The minimum absolute atomic E-state index is 0.196. The minimum atomic E-state index is -0.463. The Labute approximate surface area is 147 Å². The summed E-state index contributed by atoms with van der Waals surface area (Å²) in [6, 6.07) is 7.07. The molecule has 3 rings (SSSR count). The Morgan fingerprint density at radius 3 is 2.68 bits per heavy atom. The molecule has 7 nitrogen and oxygen atoms in total. The summed E-state index contributed by atoms with van der Waals surface area (Å²) in [7, 11) is 0. The van der Waals surface area contributed by atoms with Crippen LogP contribution < -0.4 is 5.32 Å². The van der Waals surface area contributed by atoms with Crippen molar-refractivity contribution in [3.05, 3.63) is 30.1 Å². The molecule has 1 aliphatic rings. The molecule has 134 valence electrons. The lowest BCUT2D eigenvalue weighted by Crippen LogP contribution is -2.47. The summed E-state index contributed by atoms with van der Waals surface area (Å²) < 4.78 is 5.27. The largest absolute Gasteiger partial charge is 0.391 e. The normalized spacial score (nSPS) is 20.8. The van der Waals surface area contributed by atoms with E-state index in [4.69, 9.17) is 4.52 Å². The first-order valence-corrected chi connectivity index (χ1v) is 8.62. The molecule has 0 bridgehead atoms. The maximum absolute atomic E-state index is 12.3. The van der Waals surface area contributed by atoms with Gasteiger partial charge in [-0.05, 0) is 36.6 Å². The van der Waals surface area contributed by atoms with Gasteiger partial charge in [0, 0.05) is 30.3 Å². The van der Waals surface area contributed by atoms with E-state index in [9.17, 15) is 9.90 Å². The lowest BCUT2D eigenvalue weighted by molar-refractivity contribution is 0.0464. The van der Waals surface area contributed by atoms with Crippen molar-refractivity contribution in [3.8, 4) is 11.5 Å². The summed E-state index contributed by atoms with van der Waals surface area (Å²) in [5, 5.41) is 16.7. The monoisotopic (exact) mass is 344 g/mol. The van der Waals surface area contributed by atoms with E-state index in [1.165, 1.54) is 0 Å². The standard InChI is InChI=1S/C18H24N4O3/c1-11(2)16-20-17(25-21-16)13-4-6-14(7-5-13)19-18(24)22-9-8-12(3)15(23)10-22/h4-7,11-12,15,23H,8-10H2,1-3H3,(H,19,24). The van der Waals surface area contributed by atoms with E-state index < -0.39 is 6.10 Å². The van der Waals surface area contributed by atoms with Crippen molar-refractivity contribution in [3.63, 3.8) is 0 Å². The number of benzene rings is 1. The van der Waals surface area contributed by atoms with Crippen LogP contribution in [0.1, 0.15) is 38.9 Å². The van der Waals surface area contributed by atoms with E-state index in [0.29, 0.717) is 30.5 Å². The average molecular weight is 344 g/mol. The molecule has 2 unspecified atom stereocenters.